The van der Waals surface area contributed by atoms with Gasteiger partial charge in [-0.05, 0) is 51.5 Å². The Kier molecular flexibility index (Phi) is 4.66. The lowest BCUT2D eigenvalue weighted by molar-refractivity contribution is -0.136. The van der Waals surface area contributed by atoms with Gasteiger partial charge in [0.25, 0.3) is 11.8 Å². The number of carbonyl (C=O) groups is 4. The Balaban J connectivity index is 1.64. The summed E-state index contributed by atoms with van der Waals surface area (Å²) in [5, 5.41) is 2.23. The van der Waals surface area contributed by atoms with Gasteiger partial charge in [-0.1, -0.05) is 6.07 Å². The fourth-order valence-electron chi connectivity index (χ4n) is 4.37. The summed E-state index contributed by atoms with van der Waals surface area (Å²) in [5.74, 6) is -1.88. The summed E-state index contributed by atoms with van der Waals surface area (Å²) in [4.78, 5) is 55.2. The van der Waals surface area contributed by atoms with Crippen LogP contribution in [0.5, 0.6) is 0 Å². The number of benzene rings is 1. The van der Waals surface area contributed by atoms with Gasteiger partial charge >= 0.3 is 0 Å². The number of anilines is 1. The molecule has 0 bridgehead atoms. The van der Waals surface area contributed by atoms with Crippen LogP contribution >= 0.6 is 0 Å². The van der Waals surface area contributed by atoms with Crippen molar-refractivity contribution in [3.63, 3.8) is 0 Å². The fourth-order valence-corrected chi connectivity index (χ4v) is 4.37. The summed E-state index contributed by atoms with van der Waals surface area (Å²) in [6.45, 7) is 1.97. The largest absolute Gasteiger partial charge is 0.371 e. The molecular weight excluding hydrogens is 360 g/mol. The lowest BCUT2D eigenvalue weighted by atomic mass is 10.0. The highest BCUT2D eigenvalue weighted by Gasteiger charge is 2.46. The van der Waals surface area contributed by atoms with Crippen molar-refractivity contribution in [1.29, 1.82) is 0 Å². The van der Waals surface area contributed by atoms with Gasteiger partial charge in [0, 0.05) is 19.5 Å². The van der Waals surface area contributed by atoms with Gasteiger partial charge < -0.3 is 9.80 Å². The smallest absolute Gasteiger partial charge is 0.264 e. The van der Waals surface area contributed by atoms with Gasteiger partial charge in [0.1, 0.15) is 6.04 Å². The molecule has 3 aliphatic rings. The van der Waals surface area contributed by atoms with Crippen LogP contribution in [-0.2, 0) is 9.59 Å². The van der Waals surface area contributed by atoms with Crippen molar-refractivity contribution >= 4 is 29.3 Å². The molecular formula is C20H24N4O4. The van der Waals surface area contributed by atoms with Crippen LogP contribution in [0.2, 0.25) is 0 Å². The predicted molar refractivity (Wildman–Crippen MR) is 102 cm³/mol. The van der Waals surface area contributed by atoms with Gasteiger partial charge in [0.05, 0.1) is 16.8 Å². The lowest BCUT2D eigenvalue weighted by Crippen LogP contribution is -2.54. The van der Waals surface area contributed by atoms with E-state index >= 15 is 0 Å². The SMILES string of the molecule is CN1CCC(N(C)c2cccc3c2C(=O)N(C2CCC(=O)NC2=O)C3=O)CC1. The van der Waals surface area contributed by atoms with Gasteiger partial charge in [-0.15, -0.1) is 0 Å². The van der Waals surface area contributed by atoms with E-state index in [0.29, 0.717) is 11.1 Å². The Morgan fingerprint density at radius 3 is 2.43 bits per heavy atom. The van der Waals surface area contributed by atoms with Crippen LogP contribution in [0.3, 0.4) is 0 Å². The molecule has 148 valence electrons. The van der Waals surface area contributed by atoms with Crippen LogP contribution in [-0.4, -0.2) is 72.7 Å². The number of nitrogens with one attached hydrogen (secondary N) is 1. The molecule has 1 aromatic rings. The molecule has 1 unspecified atom stereocenters. The molecule has 4 amide bonds. The first kappa shape index (κ1) is 18.6. The average molecular weight is 384 g/mol. The second-order valence-electron chi connectivity index (χ2n) is 7.79. The van der Waals surface area contributed by atoms with Crippen LogP contribution in [0.4, 0.5) is 5.69 Å². The Hall–Kier alpha value is -2.74. The number of imide groups is 2. The molecule has 3 aliphatic heterocycles. The van der Waals surface area contributed by atoms with Crippen LogP contribution in [0.15, 0.2) is 18.2 Å². The molecule has 28 heavy (non-hydrogen) atoms. The van der Waals surface area contributed by atoms with Crippen molar-refractivity contribution < 1.29 is 19.2 Å². The average Bonchev–Trinajstić information content (AvgIpc) is 2.93. The first-order valence-electron chi connectivity index (χ1n) is 9.64. The van der Waals surface area contributed by atoms with E-state index in [9.17, 15) is 19.2 Å². The molecule has 0 radical (unpaired) electrons. The number of hydrogen-bond donors (Lipinski definition) is 1. The normalized spacial score (nSPS) is 23.8. The minimum absolute atomic E-state index is 0.117. The monoisotopic (exact) mass is 384 g/mol. The Morgan fingerprint density at radius 2 is 1.75 bits per heavy atom. The van der Waals surface area contributed by atoms with E-state index in [1.165, 1.54) is 0 Å². The van der Waals surface area contributed by atoms with E-state index in [1.807, 2.05) is 13.1 Å². The van der Waals surface area contributed by atoms with Crippen molar-refractivity contribution in [2.45, 2.75) is 37.8 Å². The van der Waals surface area contributed by atoms with E-state index in [-0.39, 0.29) is 24.8 Å². The molecule has 3 heterocycles. The number of likely N-dealkylation sites (tertiary alicyclic amines) is 1. The van der Waals surface area contributed by atoms with Crippen LogP contribution in [0, 0.1) is 0 Å². The highest BCUT2D eigenvalue weighted by Crippen LogP contribution is 2.35. The minimum Gasteiger partial charge on any atom is -0.371 e. The minimum atomic E-state index is -0.938. The molecule has 1 N–H and O–H groups in total. The van der Waals surface area contributed by atoms with E-state index < -0.39 is 23.8 Å². The number of nitrogens with zero attached hydrogens (tertiary/aromatic N) is 3. The molecule has 0 spiro atoms. The number of rotatable bonds is 3. The Bertz CT molecular complexity index is 860. The second-order valence-corrected chi connectivity index (χ2v) is 7.79. The topological polar surface area (TPSA) is 90.0 Å². The summed E-state index contributed by atoms with van der Waals surface area (Å²) < 4.78 is 0. The van der Waals surface area contributed by atoms with Crippen molar-refractivity contribution in [2.75, 3.05) is 32.1 Å². The molecule has 2 saturated heterocycles. The third kappa shape index (κ3) is 2.97. The molecule has 1 atom stereocenters. The number of piperidine rings is 2. The zero-order valence-electron chi connectivity index (χ0n) is 16.1. The van der Waals surface area contributed by atoms with Crippen molar-refractivity contribution in [2.24, 2.45) is 0 Å². The Labute approximate surface area is 163 Å². The van der Waals surface area contributed by atoms with Gasteiger partial charge in [0.2, 0.25) is 11.8 Å². The highest BCUT2D eigenvalue weighted by molar-refractivity contribution is 6.25. The third-order valence-corrected chi connectivity index (χ3v) is 6.06. The summed E-state index contributed by atoms with van der Waals surface area (Å²) in [6.07, 6.45) is 2.24. The summed E-state index contributed by atoms with van der Waals surface area (Å²) >= 11 is 0. The van der Waals surface area contributed by atoms with Crippen molar-refractivity contribution in [3.05, 3.63) is 29.3 Å². The van der Waals surface area contributed by atoms with Gasteiger partial charge in [0.15, 0.2) is 0 Å². The zero-order valence-corrected chi connectivity index (χ0v) is 16.1. The maximum absolute atomic E-state index is 13.2. The molecule has 2 fully saturated rings. The van der Waals surface area contributed by atoms with E-state index in [0.717, 1.165) is 36.5 Å². The molecule has 8 heteroatoms. The van der Waals surface area contributed by atoms with Crippen LogP contribution < -0.4 is 10.2 Å². The lowest BCUT2D eigenvalue weighted by Gasteiger charge is -2.37. The van der Waals surface area contributed by atoms with E-state index in [1.54, 1.807) is 12.1 Å². The summed E-state index contributed by atoms with van der Waals surface area (Å²) in [5.41, 5.74) is 1.41. The summed E-state index contributed by atoms with van der Waals surface area (Å²) in [7, 11) is 4.05. The number of amides is 4. The first-order valence-corrected chi connectivity index (χ1v) is 9.64. The fraction of sp³-hybridized carbons (Fsp3) is 0.500. The second kappa shape index (κ2) is 7.01. The molecule has 0 saturated carbocycles. The predicted octanol–water partition coefficient (Wildman–Crippen LogP) is 0.618. The standard InChI is InChI=1S/C20H24N4O4/c1-22-10-8-12(9-11-22)23(2)14-5-3-4-13-17(14)20(28)24(19(13)27)15-6-7-16(25)21-18(15)26/h3-5,12,15H,6-11H2,1-2H3,(H,21,25,26). The number of fused-ring (bicyclic) bond motifs is 1. The maximum Gasteiger partial charge on any atom is 0.264 e. The zero-order chi connectivity index (χ0) is 20.0. The first-order chi connectivity index (χ1) is 13.4. The maximum atomic E-state index is 13.2. The van der Waals surface area contributed by atoms with Gasteiger partial charge in [-0.25, -0.2) is 0 Å². The summed E-state index contributed by atoms with van der Waals surface area (Å²) in [6, 6.07) is 4.62. The molecule has 8 nitrogen and oxygen atoms in total. The molecule has 0 aliphatic carbocycles. The molecule has 4 rings (SSSR count). The third-order valence-electron chi connectivity index (χ3n) is 6.06. The quantitative estimate of drug-likeness (QED) is 0.769. The van der Waals surface area contributed by atoms with Crippen molar-refractivity contribution in [1.82, 2.24) is 15.1 Å². The van der Waals surface area contributed by atoms with Gasteiger partial charge in [-0.3, -0.25) is 29.4 Å². The van der Waals surface area contributed by atoms with Crippen LogP contribution in [0.25, 0.3) is 0 Å². The number of hydrogen-bond acceptors (Lipinski definition) is 6. The van der Waals surface area contributed by atoms with E-state index in [2.05, 4.69) is 22.2 Å². The molecule has 1 aromatic carbocycles. The number of carbonyl (C=O) groups excluding carboxylic acids is 4. The molecule has 0 aromatic heterocycles. The van der Waals surface area contributed by atoms with Gasteiger partial charge in [-0.2, -0.15) is 0 Å². The Morgan fingerprint density at radius 1 is 1.04 bits per heavy atom. The van der Waals surface area contributed by atoms with Crippen LogP contribution in [0.1, 0.15) is 46.4 Å². The van der Waals surface area contributed by atoms with E-state index in [4.69, 9.17) is 0 Å². The highest BCUT2D eigenvalue weighted by atomic mass is 16.2. The van der Waals surface area contributed by atoms with Crippen molar-refractivity contribution in [3.8, 4) is 0 Å².